The lowest BCUT2D eigenvalue weighted by atomic mass is 9.99. The van der Waals surface area contributed by atoms with Crippen molar-refractivity contribution in [3.8, 4) is 0 Å². The third-order valence-corrected chi connectivity index (χ3v) is 4.28. The third kappa shape index (κ3) is 21.1. The molecule has 0 heterocycles. The van der Waals surface area contributed by atoms with E-state index in [-0.39, 0.29) is 11.9 Å². The second-order valence-electron chi connectivity index (χ2n) is 6.57. The van der Waals surface area contributed by atoms with Crippen molar-refractivity contribution in [3.05, 3.63) is 12.7 Å². The Morgan fingerprint density at radius 2 is 1.44 bits per heavy atom. The highest BCUT2D eigenvalue weighted by molar-refractivity contribution is 5.81. The number of hydrogen-bond acceptors (Lipinski definition) is 4. The molecular formula is C21H42O4. The molecule has 0 spiro atoms. The summed E-state index contributed by atoms with van der Waals surface area (Å²) in [5, 5.41) is 17.6. The quantitative estimate of drug-likeness (QED) is 0.179. The first-order valence-electron chi connectivity index (χ1n) is 10.2. The van der Waals surface area contributed by atoms with E-state index in [0.717, 1.165) is 38.5 Å². The van der Waals surface area contributed by atoms with Crippen LogP contribution in [0.15, 0.2) is 12.7 Å². The molecule has 0 saturated heterocycles. The van der Waals surface area contributed by atoms with Gasteiger partial charge in [0.05, 0.1) is 6.61 Å². The summed E-state index contributed by atoms with van der Waals surface area (Å²) in [6, 6.07) is 0. The average molecular weight is 359 g/mol. The van der Waals surface area contributed by atoms with Crippen molar-refractivity contribution in [1.82, 2.24) is 0 Å². The summed E-state index contributed by atoms with van der Waals surface area (Å²) in [5.74, 6) is -0.224. The van der Waals surface area contributed by atoms with Crippen molar-refractivity contribution in [3.63, 3.8) is 0 Å². The number of rotatable bonds is 15. The largest absolute Gasteiger partial charge is 0.463 e. The fraction of sp³-hybridized carbons (Fsp3) is 0.857. The average Bonchev–Trinajstić information content (AvgIpc) is 2.61. The van der Waals surface area contributed by atoms with Crippen LogP contribution < -0.4 is 0 Å². The van der Waals surface area contributed by atoms with E-state index in [1.165, 1.54) is 44.6 Å². The van der Waals surface area contributed by atoms with Gasteiger partial charge in [0.2, 0.25) is 0 Å². The van der Waals surface area contributed by atoms with E-state index >= 15 is 0 Å². The van der Waals surface area contributed by atoms with Crippen molar-refractivity contribution < 1.29 is 19.7 Å². The summed E-state index contributed by atoms with van der Waals surface area (Å²) < 4.78 is 4.88. The predicted octanol–water partition coefficient (Wildman–Crippen LogP) is 5.37. The number of carbonyl (C=O) groups excluding carboxylic acids is 1. The van der Waals surface area contributed by atoms with Crippen LogP contribution in [0, 0.1) is 5.92 Å². The minimum Gasteiger partial charge on any atom is -0.463 e. The molecule has 2 N–H and O–H groups in total. The standard InChI is InChI=1S/C13H24O2.C8H18O2/c1-3-5-6-7-8-9-10-11-12-15-13(14)4-2;1-3-5-6-7(4-2)8(9)10/h4H,2-3,5-12H2,1H3;7-10H,3-6H2,1-2H3. The molecular weight excluding hydrogens is 316 g/mol. The molecule has 0 aromatic heterocycles. The van der Waals surface area contributed by atoms with E-state index in [9.17, 15) is 4.79 Å². The summed E-state index contributed by atoms with van der Waals surface area (Å²) >= 11 is 0. The van der Waals surface area contributed by atoms with Gasteiger partial charge >= 0.3 is 5.97 Å². The molecule has 0 rings (SSSR count). The first-order chi connectivity index (χ1) is 12.0. The zero-order valence-corrected chi connectivity index (χ0v) is 16.8. The van der Waals surface area contributed by atoms with Gasteiger partial charge in [0, 0.05) is 12.0 Å². The van der Waals surface area contributed by atoms with Crippen LogP contribution in [-0.4, -0.2) is 29.1 Å². The molecule has 0 amide bonds. The van der Waals surface area contributed by atoms with E-state index in [1.807, 2.05) is 6.92 Å². The zero-order chi connectivity index (χ0) is 19.3. The molecule has 0 saturated carbocycles. The van der Waals surface area contributed by atoms with Gasteiger partial charge in [-0.25, -0.2) is 4.79 Å². The van der Waals surface area contributed by atoms with Crippen LogP contribution in [0.4, 0.5) is 0 Å². The van der Waals surface area contributed by atoms with Gasteiger partial charge in [-0.3, -0.25) is 0 Å². The van der Waals surface area contributed by atoms with Crippen molar-refractivity contribution in [1.29, 1.82) is 0 Å². The number of aliphatic hydroxyl groups is 2. The molecule has 0 radical (unpaired) electrons. The van der Waals surface area contributed by atoms with Crippen LogP contribution in [0.25, 0.3) is 0 Å². The molecule has 1 unspecified atom stereocenters. The fourth-order valence-electron chi connectivity index (χ4n) is 2.50. The van der Waals surface area contributed by atoms with Crippen molar-refractivity contribution in [2.24, 2.45) is 5.92 Å². The minimum absolute atomic E-state index is 0.0833. The molecule has 0 fully saturated rings. The van der Waals surface area contributed by atoms with Gasteiger partial charge in [-0.1, -0.05) is 85.1 Å². The van der Waals surface area contributed by atoms with Crippen LogP contribution in [0.2, 0.25) is 0 Å². The first kappa shape index (κ1) is 26.4. The maximum Gasteiger partial charge on any atom is 0.330 e. The molecule has 1 atom stereocenters. The van der Waals surface area contributed by atoms with E-state index < -0.39 is 6.29 Å². The van der Waals surface area contributed by atoms with Gasteiger partial charge in [0.1, 0.15) is 0 Å². The van der Waals surface area contributed by atoms with Gasteiger partial charge in [0.25, 0.3) is 0 Å². The molecule has 0 aliphatic heterocycles. The van der Waals surface area contributed by atoms with E-state index in [0.29, 0.717) is 6.61 Å². The van der Waals surface area contributed by atoms with Crippen molar-refractivity contribution in [2.45, 2.75) is 104 Å². The minimum atomic E-state index is -1.11. The van der Waals surface area contributed by atoms with Crippen LogP contribution in [0.5, 0.6) is 0 Å². The van der Waals surface area contributed by atoms with Gasteiger partial charge < -0.3 is 14.9 Å². The molecule has 0 aliphatic carbocycles. The Balaban J connectivity index is 0. The molecule has 150 valence electrons. The lowest BCUT2D eigenvalue weighted by Crippen LogP contribution is -2.18. The summed E-state index contributed by atoms with van der Waals surface area (Å²) in [7, 11) is 0. The summed E-state index contributed by atoms with van der Waals surface area (Å²) in [4.78, 5) is 10.7. The Kier molecular flexibility index (Phi) is 22.3. The SMILES string of the molecule is C=CC(=O)OCCCCCCCCCC.CCCCC(CC)C(O)O. The highest BCUT2D eigenvalue weighted by Crippen LogP contribution is 2.14. The summed E-state index contributed by atoms with van der Waals surface area (Å²) in [5.41, 5.74) is 0. The smallest absolute Gasteiger partial charge is 0.330 e. The van der Waals surface area contributed by atoms with Gasteiger partial charge in [-0.15, -0.1) is 0 Å². The Labute approximate surface area is 155 Å². The Hall–Kier alpha value is -0.870. The molecule has 0 aliphatic rings. The number of hydrogen-bond donors (Lipinski definition) is 2. The van der Waals surface area contributed by atoms with Crippen LogP contribution in [0.1, 0.15) is 97.8 Å². The Morgan fingerprint density at radius 1 is 0.920 bits per heavy atom. The number of aliphatic hydroxyl groups excluding tert-OH is 1. The molecule has 4 nitrogen and oxygen atoms in total. The third-order valence-electron chi connectivity index (χ3n) is 4.28. The molecule has 25 heavy (non-hydrogen) atoms. The highest BCUT2D eigenvalue weighted by Gasteiger charge is 2.12. The summed E-state index contributed by atoms with van der Waals surface area (Å²) in [6.45, 7) is 10.2. The lowest BCUT2D eigenvalue weighted by Gasteiger charge is -2.15. The van der Waals surface area contributed by atoms with E-state index in [1.54, 1.807) is 0 Å². The van der Waals surface area contributed by atoms with Crippen molar-refractivity contribution in [2.75, 3.05) is 6.61 Å². The second-order valence-corrected chi connectivity index (χ2v) is 6.57. The van der Waals surface area contributed by atoms with E-state index in [4.69, 9.17) is 14.9 Å². The maximum absolute atomic E-state index is 10.7. The highest BCUT2D eigenvalue weighted by atomic mass is 16.5. The monoisotopic (exact) mass is 358 g/mol. The number of ether oxygens (including phenoxy) is 1. The van der Waals surface area contributed by atoms with Crippen LogP contribution >= 0.6 is 0 Å². The topological polar surface area (TPSA) is 66.8 Å². The Morgan fingerprint density at radius 3 is 1.88 bits per heavy atom. The molecule has 4 heteroatoms. The second kappa shape index (κ2) is 21.2. The number of unbranched alkanes of at least 4 members (excludes halogenated alkanes) is 8. The predicted molar refractivity (Wildman–Crippen MR) is 105 cm³/mol. The Bertz CT molecular complexity index is 290. The zero-order valence-electron chi connectivity index (χ0n) is 16.8. The van der Waals surface area contributed by atoms with Crippen LogP contribution in [0.3, 0.4) is 0 Å². The summed E-state index contributed by atoms with van der Waals surface area (Å²) in [6.07, 6.45) is 14.2. The number of esters is 1. The maximum atomic E-state index is 10.7. The van der Waals surface area contributed by atoms with Crippen molar-refractivity contribution >= 4 is 5.97 Å². The van der Waals surface area contributed by atoms with Gasteiger partial charge in [-0.2, -0.15) is 0 Å². The van der Waals surface area contributed by atoms with E-state index in [2.05, 4.69) is 20.4 Å². The molecule has 0 bridgehead atoms. The van der Waals surface area contributed by atoms with Crippen LogP contribution in [-0.2, 0) is 9.53 Å². The molecule has 0 aromatic rings. The first-order valence-corrected chi connectivity index (χ1v) is 10.2. The molecule has 0 aromatic carbocycles. The van der Waals surface area contributed by atoms with Gasteiger partial charge in [-0.05, 0) is 19.3 Å². The normalized spacial score (nSPS) is 11.6. The fourth-order valence-corrected chi connectivity index (χ4v) is 2.50. The lowest BCUT2D eigenvalue weighted by molar-refractivity contribution is -0.137. The number of carbonyl (C=O) groups is 1. The van der Waals surface area contributed by atoms with Gasteiger partial charge in [0.15, 0.2) is 6.29 Å².